The van der Waals surface area contributed by atoms with Gasteiger partial charge in [-0.25, -0.2) is 0 Å². The first-order valence-corrected chi connectivity index (χ1v) is 5.88. The average Bonchev–Trinajstić information content (AvgIpc) is 2.03. The fourth-order valence-corrected chi connectivity index (χ4v) is 1.37. The summed E-state index contributed by atoms with van der Waals surface area (Å²) in [5, 5.41) is 0. The van der Waals surface area contributed by atoms with Crippen LogP contribution in [0.1, 0.15) is 32.6 Å². The highest BCUT2D eigenvalue weighted by molar-refractivity contribution is 7.98. The summed E-state index contributed by atoms with van der Waals surface area (Å²) in [6, 6.07) is 0. The van der Waals surface area contributed by atoms with Crippen LogP contribution in [0.5, 0.6) is 0 Å². The van der Waals surface area contributed by atoms with Crippen molar-refractivity contribution in [3.8, 4) is 0 Å². The van der Waals surface area contributed by atoms with Crippen molar-refractivity contribution in [3.05, 3.63) is 0 Å². The van der Waals surface area contributed by atoms with Crippen molar-refractivity contribution in [2.45, 2.75) is 32.6 Å². The molecule has 0 rings (SSSR count). The minimum atomic E-state index is 0.933. The first-order chi connectivity index (χ1) is 5.41. The summed E-state index contributed by atoms with van der Waals surface area (Å²) in [5.41, 5.74) is 0. The Kier molecular flexibility index (Phi) is 10.6. The minimum Gasteiger partial charge on any atom is -0.381 e. The van der Waals surface area contributed by atoms with E-state index < -0.39 is 0 Å². The van der Waals surface area contributed by atoms with Gasteiger partial charge in [-0.1, -0.05) is 13.3 Å². The highest BCUT2D eigenvalue weighted by atomic mass is 32.2. The van der Waals surface area contributed by atoms with E-state index >= 15 is 0 Å². The van der Waals surface area contributed by atoms with Crippen LogP contribution in [0.15, 0.2) is 0 Å². The van der Waals surface area contributed by atoms with Gasteiger partial charge in [-0.3, -0.25) is 0 Å². The second kappa shape index (κ2) is 10.3. The molecule has 11 heavy (non-hydrogen) atoms. The molecule has 0 fully saturated rings. The average molecular weight is 176 g/mol. The van der Waals surface area contributed by atoms with Crippen LogP contribution in [-0.2, 0) is 4.74 Å². The second-order valence-electron chi connectivity index (χ2n) is 2.67. The highest BCUT2D eigenvalue weighted by Crippen LogP contribution is 2.02. The monoisotopic (exact) mass is 176 g/mol. The minimum absolute atomic E-state index is 0.933. The third kappa shape index (κ3) is 10.3. The number of hydrogen-bond acceptors (Lipinski definition) is 2. The van der Waals surface area contributed by atoms with E-state index in [9.17, 15) is 0 Å². The van der Waals surface area contributed by atoms with Crippen LogP contribution in [0.4, 0.5) is 0 Å². The largest absolute Gasteiger partial charge is 0.381 e. The van der Waals surface area contributed by atoms with Crippen molar-refractivity contribution in [1.82, 2.24) is 0 Å². The molecule has 0 N–H and O–H groups in total. The van der Waals surface area contributed by atoms with Crippen LogP contribution >= 0.6 is 11.8 Å². The van der Waals surface area contributed by atoms with Crippen LogP contribution < -0.4 is 0 Å². The van der Waals surface area contributed by atoms with E-state index in [1.165, 1.54) is 25.0 Å². The smallest absolute Gasteiger partial charge is 0.0466 e. The molecule has 0 atom stereocenters. The van der Waals surface area contributed by atoms with Crippen LogP contribution in [-0.4, -0.2) is 25.2 Å². The molecule has 68 valence electrons. The predicted octanol–water partition coefficient (Wildman–Crippen LogP) is 2.95. The Morgan fingerprint density at radius 1 is 1.09 bits per heavy atom. The first-order valence-electron chi connectivity index (χ1n) is 4.48. The third-order valence-corrected chi connectivity index (χ3v) is 2.18. The normalized spacial score (nSPS) is 10.4. The fourth-order valence-electron chi connectivity index (χ4n) is 0.874. The lowest BCUT2D eigenvalue weighted by atomic mass is 10.3. The molecule has 0 amide bonds. The van der Waals surface area contributed by atoms with E-state index in [4.69, 9.17) is 4.74 Å². The maximum Gasteiger partial charge on any atom is 0.0466 e. The highest BCUT2D eigenvalue weighted by Gasteiger charge is 1.88. The zero-order chi connectivity index (χ0) is 8.36. The maximum absolute atomic E-state index is 5.36. The van der Waals surface area contributed by atoms with Crippen LogP contribution in [0.25, 0.3) is 0 Å². The number of rotatable bonds is 8. The van der Waals surface area contributed by atoms with Crippen molar-refractivity contribution in [2.75, 3.05) is 25.2 Å². The molecule has 0 saturated heterocycles. The zero-order valence-corrected chi connectivity index (χ0v) is 8.58. The van der Waals surface area contributed by atoms with Gasteiger partial charge >= 0.3 is 0 Å². The molecule has 0 saturated carbocycles. The predicted molar refractivity (Wildman–Crippen MR) is 53.3 cm³/mol. The Morgan fingerprint density at radius 3 is 2.55 bits per heavy atom. The van der Waals surface area contributed by atoms with Crippen molar-refractivity contribution >= 4 is 11.8 Å². The molecule has 0 spiro atoms. The molecular formula is C9H20OS. The molecule has 0 bridgehead atoms. The van der Waals surface area contributed by atoms with Gasteiger partial charge in [-0.15, -0.1) is 0 Å². The van der Waals surface area contributed by atoms with Gasteiger partial charge < -0.3 is 4.74 Å². The van der Waals surface area contributed by atoms with Gasteiger partial charge in [0.05, 0.1) is 0 Å². The summed E-state index contributed by atoms with van der Waals surface area (Å²) in [6.07, 6.45) is 7.21. The van der Waals surface area contributed by atoms with Crippen molar-refractivity contribution < 1.29 is 4.74 Å². The van der Waals surface area contributed by atoms with Gasteiger partial charge in [0.25, 0.3) is 0 Å². The van der Waals surface area contributed by atoms with E-state index in [2.05, 4.69) is 13.2 Å². The summed E-state index contributed by atoms with van der Waals surface area (Å²) in [6.45, 7) is 4.04. The van der Waals surface area contributed by atoms with Crippen LogP contribution in [0.3, 0.4) is 0 Å². The van der Waals surface area contributed by atoms with Crippen molar-refractivity contribution in [2.24, 2.45) is 0 Å². The summed E-state index contributed by atoms with van der Waals surface area (Å²) in [7, 11) is 0. The van der Waals surface area contributed by atoms with Gasteiger partial charge in [0.2, 0.25) is 0 Å². The van der Waals surface area contributed by atoms with Gasteiger partial charge in [0.1, 0.15) is 0 Å². The zero-order valence-electron chi connectivity index (χ0n) is 7.77. The molecule has 0 aliphatic heterocycles. The number of thioether (sulfide) groups is 1. The van der Waals surface area contributed by atoms with Gasteiger partial charge in [0, 0.05) is 13.2 Å². The van der Waals surface area contributed by atoms with Crippen molar-refractivity contribution in [3.63, 3.8) is 0 Å². The maximum atomic E-state index is 5.36. The Morgan fingerprint density at radius 2 is 1.91 bits per heavy atom. The topological polar surface area (TPSA) is 9.23 Å². The summed E-state index contributed by atoms with van der Waals surface area (Å²) in [5.74, 6) is 1.30. The lowest BCUT2D eigenvalue weighted by Crippen LogP contribution is -1.95. The van der Waals surface area contributed by atoms with E-state index in [0.29, 0.717) is 0 Å². The van der Waals surface area contributed by atoms with Crippen molar-refractivity contribution in [1.29, 1.82) is 0 Å². The molecule has 0 aromatic carbocycles. The van der Waals surface area contributed by atoms with Crippen LogP contribution in [0.2, 0.25) is 0 Å². The summed E-state index contributed by atoms with van der Waals surface area (Å²) >= 11 is 1.93. The van der Waals surface area contributed by atoms with E-state index in [-0.39, 0.29) is 0 Å². The molecule has 1 nitrogen and oxygen atoms in total. The van der Waals surface area contributed by atoms with Gasteiger partial charge in [-0.05, 0) is 31.3 Å². The van der Waals surface area contributed by atoms with Crippen LogP contribution in [0, 0.1) is 0 Å². The van der Waals surface area contributed by atoms with Gasteiger partial charge in [-0.2, -0.15) is 11.8 Å². The molecule has 0 unspecified atom stereocenters. The Hall–Kier alpha value is 0.310. The summed E-state index contributed by atoms with van der Waals surface area (Å²) in [4.78, 5) is 0. The Bertz CT molecular complexity index is 58.6. The first kappa shape index (κ1) is 11.3. The third-order valence-electron chi connectivity index (χ3n) is 1.49. The standard InChI is InChI=1S/C9H20OS/c1-3-7-10-8-5-4-6-9-11-2/h3-9H2,1-2H3. The summed E-state index contributed by atoms with van der Waals surface area (Å²) < 4.78 is 5.36. The van der Waals surface area contributed by atoms with E-state index in [0.717, 1.165) is 19.6 Å². The lowest BCUT2D eigenvalue weighted by molar-refractivity contribution is 0.131. The number of unbranched alkanes of at least 4 members (excludes halogenated alkanes) is 2. The molecule has 0 aliphatic rings. The molecule has 0 aromatic rings. The van der Waals surface area contributed by atoms with Gasteiger partial charge in [0.15, 0.2) is 0 Å². The lowest BCUT2D eigenvalue weighted by Gasteiger charge is -2.01. The second-order valence-corrected chi connectivity index (χ2v) is 3.65. The number of ether oxygens (including phenoxy) is 1. The molecule has 0 aromatic heterocycles. The Labute approximate surface area is 74.9 Å². The molecule has 2 heteroatoms. The quantitative estimate of drug-likeness (QED) is 0.526. The Balaban J connectivity index is 2.69. The molecule has 0 heterocycles. The SMILES string of the molecule is CCCOCCCCCSC. The fraction of sp³-hybridized carbons (Fsp3) is 1.00. The van der Waals surface area contributed by atoms with E-state index in [1.54, 1.807) is 0 Å². The number of hydrogen-bond donors (Lipinski definition) is 0. The molecule has 0 aliphatic carbocycles. The molecular weight excluding hydrogens is 156 g/mol. The van der Waals surface area contributed by atoms with E-state index in [1.807, 2.05) is 11.8 Å². The molecule has 0 radical (unpaired) electrons.